The second-order valence-corrected chi connectivity index (χ2v) is 5.36. The van der Waals surface area contributed by atoms with Crippen molar-refractivity contribution in [3.63, 3.8) is 0 Å². The number of fused-ring (bicyclic) bond motifs is 2. The number of aromatic amines is 1. The third-order valence-electron chi connectivity index (χ3n) is 3.69. The summed E-state index contributed by atoms with van der Waals surface area (Å²) in [4.78, 5) is 8.01. The normalized spacial score (nSPS) is 13.6. The molecule has 0 unspecified atom stereocenters. The Labute approximate surface area is 122 Å². The zero-order valence-electron chi connectivity index (χ0n) is 11.8. The molecule has 0 bridgehead atoms. The van der Waals surface area contributed by atoms with E-state index in [0.29, 0.717) is 13.2 Å². The molecule has 0 saturated carbocycles. The van der Waals surface area contributed by atoms with E-state index in [4.69, 9.17) is 9.47 Å². The van der Waals surface area contributed by atoms with Crippen LogP contribution in [0, 0.1) is 6.92 Å². The van der Waals surface area contributed by atoms with Crippen LogP contribution in [0.15, 0.2) is 36.4 Å². The van der Waals surface area contributed by atoms with Crippen molar-refractivity contribution < 1.29 is 9.47 Å². The predicted molar refractivity (Wildman–Crippen MR) is 81.1 cm³/mol. The standard InChI is InChI=1S/C17H16N2O2/c1-11-2-4-12(5-3-11)8-17-18-13-9-15-16(10-14(13)19-17)21-7-6-20-15/h2-5,9-10H,6-8H2,1H3,(H,18,19). The Kier molecular flexibility index (Phi) is 2.81. The molecule has 0 aliphatic carbocycles. The fraction of sp³-hybridized carbons (Fsp3) is 0.235. The van der Waals surface area contributed by atoms with Crippen LogP contribution in [0.4, 0.5) is 0 Å². The summed E-state index contributed by atoms with van der Waals surface area (Å²) in [6, 6.07) is 12.4. The number of hydrogen-bond donors (Lipinski definition) is 1. The molecule has 1 aliphatic rings. The molecule has 1 aromatic heterocycles. The molecule has 3 aromatic rings. The Bertz CT molecular complexity index is 747. The molecule has 0 atom stereocenters. The van der Waals surface area contributed by atoms with E-state index in [1.54, 1.807) is 0 Å². The number of H-pyrrole nitrogens is 1. The first kappa shape index (κ1) is 12.3. The molecule has 4 heteroatoms. The van der Waals surface area contributed by atoms with Gasteiger partial charge in [0.15, 0.2) is 11.5 Å². The zero-order valence-corrected chi connectivity index (χ0v) is 11.8. The maximum Gasteiger partial charge on any atom is 0.163 e. The Morgan fingerprint density at radius 3 is 2.52 bits per heavy atom. The number of aromatic nitrogens is 2. The lowest BCUT2D eigenvalue weighted by molar-refractivity contribution is 0.172. The Morgan fingerprint density at radius 1 is 1.05 bits per heavy atom. The minimum atomic E-state index is 0.596. The van der Waals surface area contributed by atoms with Crippen LogP contribution in [0.5, 0.6) is 11.5 Å². The largest absolute Gasteiger partial charge is 0.486 e. The number of imidazole rings is 1. The lowest BCUT2D eigenvalue weighted by atomic mass is 10.1. The van der Waals surface area contributed by atoms with Gasteiger partial charge in [0.2, 0.25) is 0 Å². The molecule has 2 aromatic carbocycles. The van der Waals surface area contributed by atoms with Gasteiger partial charge >= 0.3 is 0 Å². The molecule has 0 fully saturated rings. The monoisotopic (exact) mass is 280 g/mol. The third-order valence-corrected chi connectivity index (χ3v) is 3.69. The molecule has 4 rings (SSSR count). The molecule has 1 N–H and O–H groups in total. The Balaban J connectivity index is 1.68. The van der Waals surface area contributed by atoms with Crippen LogP contribution in [-0.2, 0) is 6.42 Å². The molecule has 21 heavy (non-hydrogen) atoms. The van der Waals surface area contributed by atoms with E-state index in [2.05, 4.69) is 41.2 Å². The summed E-state index contributed by atoms with van der Waals surface area (Å²) in [6.45, 7) is 3.29. The summed E-state index contributed by atoms with van der Waals surface area (Å²) in [7, 11) is 0. The maximum absolute atomic E-state index is 5.60. The van der Waals surface area contributed by atoms with E-state index < -0.39 is 0 Å². The van der Waals surface area contributed by atoms with Gasteiger partial charge in [0.25, 0.3) is 0 Å². The number of hydrogen-bond acceptors (Lipinski definition) is 3. The van der Waals surface area contributed by atoms with Crippen molar-refractivity contribution in [3.8, 4) is 11.5 Å². The van der Waals surface area contributed by atoms with Crippen LogP contribution in [0.2, 0.25) is 0 Å². The van der Waals surface area contributed by atoms with E-state index in [0.717, 1.165) is 34.8 Å². The number of benzene rings is 2. The van der Waals surface area contributed by atoms with E-state index in [9.17, 15) is 0 Å². The highest BCUT2D eigenvalue weighted by atomic mass is 16.6. The molecular formula is C17H16N2O2. The quantitative estimate of drug-likeness (QED) is 0.784. The second kappa shape index (κ2) is 4.81. The number of nitrogens with zero attached hydrogens (tertiary/aromatic N) is 1. The average molecular weight is 280 g/mol. The first-order valence-electron chi connectivity index (χ1n) is 7.12. The van der Waals surface area contributed by atoms with Gasteiger partial charge < -0.3 is 14.5 Å². The van der Waals surface area contributed by atoms with Crippen LogP contribution in [0.25, 0.3) is 11.0 Å². The first-order chi connectivity index (χ1) is 10.3. The lowest BCUT2D eigenvalue weighted by Crippen LogP contribution is -2.15. The van der Waals surface area contributed by atoms with Crippen LogP contribution in [-0.4, -0.2) is 23.2 Å². The van der Waals surface area contributed by atoms with Gasteiger partial charge in [-0.3, -0.25) is 0 Å². The van der Waals surface area contributed by atoms with Crippen LogP contribution < -0.4 is 9.47 Å². The highest BCUT2D eigenvalue weighted by Crippen LogP contribution is 2.33. The maximum atomic E-state index is 5.60. The topological polar surface area (TPSA) is 47.1 Å². The highest BCUT2D eigenvalue weighted by molar-refractivity contribution is 5.80. The Hall–Kier alpha value is -2.49. The molecular weight excluding hydrogens is 264 g/mol. The summed E-state index contributed by atoms with van der Waals surface area (Å²) in [5.41, 5.74) is 4.42. The van der Waals surface area contributed by atoms with Crippen molar-refractivity contribution in [2.75, 3.05) is 13.2 Å². The minimum Gasteiger partial charge on any atom is -0.486 e. The van der Waals surface area contributed by atoms with Crippen LogP contribution >= 0.6 is 0 Å². The van der Waals surface area contributed by atoms with Gasteiger partial charge in [0, 0.05) is 18.6 Å². The molecule has 106 valence electrons. The fourth-order valence-electron chi connectivity index (χ4n) is 2.58. The van der Waals surface area contributed by atoms with Gasteiger partial charge in [-0.2, -0.15) is 0 Å². The van der Waals surface area contributed by atoms with E-state index in [-0.39, 0.29) is 0 Å². The SMILES string of the molecule is Cc1ccc(Cc2nc3cc4c(cc3[nH]2)OCCO4)cc1. The van der Waals surface area contributed by atoms with Crippen molar-refractivity contribution in [3.05, 3.63) is 53.3 Å². The summed E-state index contributed by atoms with van der Waals surface area (Å²) in [5, 5.41) is 0. The smallest absolute Gasteiger partial charge is 0.163 e. The molecule has 0 amide bonds. The Morgan fingerprint density at radius 2 is 1.76 bits per heavy atom. The fourth-order valence-corrected chi connectivity index (χ4v) is 2.58. The second-order valence-electron chi connectivity index (χ2n) is 5.36. The zero-order chi connectivity index (χ0) is 14.2. The van der Waals surface area contributed by atoms with Crippen molar-refractivity contribution in [1.82, 2.24) is 9.97 Å². The number of ether oxygens (including phenoxy) is 2. The first-order valence-corrected chi connectivity index (χ1v) is 7.12. The summed E-state index contributed by atoms with van der Waals surface area (Å²) in [5.74, 6) is 2.53. The molecule has 2 heterocycles. The van der Waals surface area contributed by atoms with Crippen molar-refractivity contribution in [2.45, 2.75) is 13.3 Å². The number of aryl methyl sites for hydroxylation is 1. The van der Waals surface area contributed by atoms with Gasteiger partial charge in [0.05, 0.1) is 11.0 Å². The van der Waals surface area contributed by atoms with E-state index in [1.807, 2.05) is 12.1 Å². The van der Waals surface area contributed by atoms with Crippen molar-refractivity contribution >= 4 is 11.0 Å². The highest BCUT2D eigenvalue weighted by Gasteiger charge is 2.14. The van der Waals surface area contributed by atoms with Crippen LogP contribution in [0.1, 0.15) is 17.0 Å². The van der Waals surface area contributed by atoms with Crippen molar-refractivity contribution in [1.29, 1.82) is 0 Å². The molecule has 4 nitrogen and oxygen atoms in total. The molecule has 0 saturated heterocycles. The number of rotatable bonds is 2. The lowest BCUT2D eigenvalue weighted by Gasteiger charge is -2.17. The van der Waals surface area contributed by atoms with Crippen molar-refractivity contribution in [2.24, 2.45) is 0 Å². The third kappa shape index (κ3) is 2.33. The van der Waals surface area contributed by atoms with Gasteiger partial charge in [-0.05, 0) is 12.5 Å². The summed E-state index contributed by atoms with van der Waals surface area (Å²) >= 11 is 0. The van der Waals surface area contributed by atoms with E-state index >= 15 is 0 Å². The predicted octanol–water partition coefficient (Wildman–Crippen LogP) is 3.23. The average Bonchev–Trinajstić information content (AvgIpc) is 2.88. The van der Waals surface area contributed by atoms with E-state index in [1.165, 1.54) is 11.1 Å². The van der Waals surface area contributed by atoms with Gasteiger partial charge in [-0.15, -0.1) is 0 Å². The minimum absolute atomic E-state index is 0.596. The molecule has 0 radical (unpaired) electrons. The van der Waals surface area contributed by atoms with Gasteiger partial charge in [-0.1, -0.05) is 29.8 Å². The number of nitrogens with one attached hydrogen (secondary N) is 1. The molecule has 0 spiro atoms. The molecule has 1 aliphatic heterocycles. The van der Waals surface area contributed by atoms with Crippen LogP contribution in [0.3, 0.4) is 0 Å². The van der Waals surface area contributed by atoms with Gasteiger partial charge in [-0.25, -0.2) is 4.98 Å². The summed E-state index contributed by atoms with van der Waals surface area (Å²) in [6.07, 6.45) is 0.793. The summed E-state index contributed by atoms with van der Waals surface area (Å²) < 4.78 is 11.2. The van der Waals surface area contributed by atoms with Gasteiger partial charge in [0.1, 0.15) is 19.0 Å².